The largest absolute Gasteiger partial charge is 0.504 e. The number of anilines is 1. The van der Waals surface area contributed by atoms with Gasteiger partial charge in [-0.1, -0.05) is 0 Å². The average Bonchev–Trinajstić information content (AvgIpc) is 2.31. The summed E-state index contributed by atoms with van der Waals surface area (Å²) in [4.78, 5) is 14.3. The van der Waals surface area contributed by atoms with Crippen LogP contribution in [0.3, 0.4) is 0 Å². The number of carbonyl (C=O) groups is 1. The maximum Gasteiger partial charge on any atom is 0.216 e. The second-order valence-electron chi connectivity index (χ2n) is 3.96. The van der Waals surface area contributed by atoms with E-state index in [-0.39, 0.29) is 36.0 Å². The van der Waals surface area contributed by atoms with Crippen LogP contribution in [0.4, 0.5) is 5.82 Å². The van der Waals surface area contributed by atoms with E-state index in [1.165, 1.54) is 19.2 Å². The maximum atomic E-state index is 10.6. The summed E-state index contributed by atoms with van der Waals surface area (Å²) < 4.78 is 0. The predicted molar refractivity (Wildman–Crippen MR) is 64.6 cm³/mol. The molecule has 0 aliphatic carbocycles. The number of aromatic hydroxyl groups is 1. The second-order valence-corrected chi connectivity index (χ2v) is 3.96. The number of carbonyl (C=O) groups excluding carboxylic acids is 1. The quantitative estimate of drug-likeness (QED) is 0.472. The molecule has 7 heteroatoms. The van der Waals surface area contributed by atoms with Gasteiger partial charge in [0.2, 0.25) is 5.91 Å². The molecule has 1 aromatic rings. The van der Waals surface area contributed by atoms with Crippen molar-refractivity contribution < 1.29 is 20.1 Å². The van der Waals surface area contributed by atoms with Gasteiger partial charge in [-0.3, -0.25) is 4.79 Å². The van der Waals surface area contributed by atoms with Gasteiger partial charge in [0.25, 0.3) is 0 Å². The molecule has 1 amide bonds. The van der Waals surface area contributed by atoms with Crippen LogP contribution in [0.15, 0.2) is 12.3 Å². The number of rotatable bonds is 5. The van der Waals surface area contributed by atoms with Gasteiger partial charge < -0.3 is 26.4 Å². The molecular weight excluding hydrogens is 238 g/mol. The minimum absolute atomic E-state index is 0.0429. The van der Waals surface area contributed by atoms with Gasteiger partial charge in [0, 0.05) is 25.2 Å². The highest BCUT2D eigenvalue weighted by molar-refractivity contribution is 5.72. The summed E-state index contributed by atoms with van der Waals surface area (Å²) >= 11 is 0. The molecule has 2 atom stereocenters. The topological polar surface area (TPSA) is 129 Å². The van der Waals surface area contributed by atoms with Crippen molar-refractivity contribution >= 4 is 11.7 Å². The lowest BCUT2D eigenvalue weighted by Gasteiger charge is -2.18. The standard InChI is InChI=1S/C11H17N3O4/c1-6(15)13-3-2-8(16)10(18)7-4-9(17)11(12)14-5-7/h4-5,8,10,16-18H,2-3H2,1H3,(H2,12,14)(H,13,15). The Morgan fingerprint density at radius 2 is 2.22 bits per heavy atom. The second kappa shape index (κ2) is 6.18. The number of nitrogen functional groups attached to an aromatic ring is 1. The minimum atomic E-state index is -1.20. The Bertz CT molecular complexity index is 425. The fourth-order valence-electron chi connectivity index (χ4n) is 1.42. The van der Waals surface area contributed by atoms with Gasteiger partial charge in [0.1, 0.15) is 6.10 Å². The molecule has 1 heterocycles. The molecule has 0 radical (unpaired) electrons. The Hall–Kier alpha value is -1.86. The Morgan fingerprint density at radius 1 is 1.56 bits per heavy atom. The fraction of sp³-hybridized carbons (Fsp3) is 0.455. The van der Waals surface area contributed by atoms with Gasteiger partial charge in [0.05, 0.1) is 6.10 Å². The van der Waals surface area contributed by atoms with Crippen molar-refractivity contribution in [2.75, 3.05) is 12.3 Å². The van der Waals surface area contributed by atoms with E-state index in [0.717, 1.165) is 0 Å². The summed E-state index contributed by atoms with van der Waals surface area (Å²) in [6.45, 7) is 1.62. The first kappa shape index (κ1) is 14.2. The number of nitrogens with two attached hydrogens (primary N) is 1. The van der Waals surface area contributed by atoms with Crippen molar-refractivity contribution in [3.63, 3.8) is 0 Å². The van der Waals surface area contributed by atoms with Gasteiger partial charge in [-0.15, -0.1) is 0 Å². The minimum Gasteiger partial charge on any atom is -0.504 e. The summed E-state index contributed by atoms with van der Waals surface area (Å²) in [6, 6.07) is 1.24. The summed E-state index contributed by atoms with van der Waals surface area (Å²) in [5.41, 5.74) is 5.59. The van der Waals surface area contributed by atoms with E-state index in [1.807, 2.05) is 0 Å². The molecule has 0 saturated carbocycles. The fourth-order valence-corrected chi connectivity index (χ4v) is 1.42. The van der Waals surface area contributed by atoms with Gasteiger partial charge in [0.15, 0.2) is 11.6 Å². The first-order valence-electron chi connectivity index (χ1n) is 5.46. The van der Waals surface area contributed by atoms with Gasteiger partial charge in [-0.05, 0) is 12.5 Å². The first-order chi connectivity index (χ1) is 8.41. The molecule has 18 heavy (non-hydrogen) atoms. The third-order valence-electron chi connectivity index (χ3n) is 2.44. The molecular formula is C11H17N3O4. The molecule has 0 aliphatic heterocycles. The lowest BCUT2D eigenvalue weighted by molar-refractivity contribution is -0.119. The molecule has 0 fully saturated rings. The molecule has 6 N–H and O–H groups in total. The number of aromatic nitrogens is 1. The third-order valence-corrected chi connectivity index (χ3v) is 2.44. The van der Waals surface area contributed by atoms with E-state index in [9.17, 15) is 20.1 Å². The number of nitrogens with one attached hydrogen (secondary N) is 1. The molecule has 0 saturated heterocycles. The molecule has 0 aliphatic rings. The van der Waals surface area contributed by atoms with E-state index in [2.05, 4.69) is 10.3 Å². The Morgan fingerprint density at radius 3 is 2.78 bits per heavy atom. The van der Waals surface area contributed by atoms with Crippen LogP contribution in [0.2, 0.25) is 0 Å². The molecule has 1 rings (SSSR count). The molecule has 0 aromatic carbocycles. The molecule has 0 bridgehead atoms. The van der Waals surface area contributed by atoms with Crippen molar-refractivity contribution in [1.29, 1.82) is 0 Å². The smallest absolute Gasteiger partial charge is 0.216 e. The van der Waals surface area contributed by atoms with Crippen LogP contribution in [0, 0.1) is 0 Å². The molecule has 7 nitrogen and oxygen atoms in total. The normalized spacial score (nSPS) is 13.9. The summed E-state index contributed by atoms with van der Waals surface area (Å²) in [7, 11) is 0. The molecule has 100 valence electrons. The van der Waals surface area contributed by atoms with Crippen molar-refractivity contribution in [3.05, 3.63) is 17.8 Å². The van der Waals surface area contributed by atoms with Gasteiger partial charge in [-0.2, -0.15) is 0 Å². The zero-order valence-electron chi connectivity index (χ0n) is 10.00. The predicted octanol–water partition coefficient (Wildman–Crippen LogP) is -0.710. The highest BCUT2D eigenvalue weighted by Gasteiger charge is 2.19. The SMILES string of the molecule is CC(=O)NCCC(O)C(O)c1cnc(N)c(O)c1. The van der Waals surface area contributed by atoms with Crippen LogP contribution in [0.1, 0.15) is 25.0 Å². The number of pyridine rings is 1. The van der Waals surface area contributed by atoms with Crippen molar-refractivity contribution in [3.8, 4) is 5.75 Å². The van der Waals surface area contributed by atoms with Gasteiger partial charge >= 0.3 is 0 Å². The number of nitrogens with zero attached hydrogens (tertiary/aromatic N) is 1. The van der Waals surface area contributed by atoms with Crippen LogP contribution >= 0.6 is 0 Å². The summed E-state index contributed by atoms with van der Waals surface area (Å²) in [5, 5.41) is 31.4. The highest BCUT2D eigenvalue weighted by atomic mass is 16.3. The average molecular weight is 255 g/mol. The van der Waals surface area contributed by atoms with Crippen molar-refractivity contribution in [2.24, 2.45) is 0 Å². The monoisotopic (exact) mass is 255 g/mol. The van der Waals surface area contributed by atoms with Crippen LogP contribution in [0.5, 0.6) is 5.75 Å². The number of amides is 1. The number of hydrogen-bond donors (Lipinski definition) is 5. The van der Waals surface area contributed by atoms with Gasteiger partial charge in [-0.25, -0.2) is 4.98 Å². The van der Waals surface area contributed by atoms with Crippen LogP contribution in [-0.4, -0.2) is 38.9 Å². The van der Waals surface area contributed by atoms with E-state index in [0.29, 0.717) is 0 Å². The number of aliphatic hydroxyl groups excluding tert-OH is 2. The first-order valence-corrected chi connectivity index (χ1v) is 5.46. The van der Waals surface area contributed by atoms with E-state index < -0.39 is 12.2 Å². The summed E-state index contributed by atoms with van der Waals surface area (Å²) in [6.07, 6.45) is -0.799. The third kappa shape index (κ3) is 3.86. The Kier molecular flexibility index (Phi) is 4.87. The maximum absolute atomic E-state index is 10.6. The van der Waals surface area contributed by atoms with E-state index >= 15 is 0 Å². The molecule has 1 aromatic heterocycles. The lowest BCUT2D eigenvalue weighted by atomic mass is 10.0. The number of aliphatic hydroxyl groups is 2. The van der Waals surface area contributed by atoms with E-state index in [4.69, 9.17) is 5.73 Å². The van der Waals surface area contributed by atoms with Crippen LogP contribution < -0.4 is 11.1 Å². The Balaban J connectivity index is 2.59. The zero-order chi connectivity index (χ0) is 13.7. The van der Waals surface area contributed by atoms with Crippen LogP contribution in [-0.2, 0) is 4.79 Å². The molecule has 2 unspecified atom stereocenters. The lowest BCUT2D eigenvalue weighted by Crippen LogP contribution is -2.27. The molecule has 0 spiro atoms. The highest BCUT2D eigenvalue weighted by Crippen LogP contribution is 2.24. The van der Waals surface area contributed by atoms with E-state index in [1.54, 1.807) is 0 Å². The van der Waals surface area contributed by atoms with Crippen molar-refractivity contribution in [1.82, 2.24) is 10.3 Å². The Labute approximate surface area is 104 Å². The van der Waals surface area contributed by atoms with Crippen molar-refractivity contribution in [2.45, 2.75) is 25.6 Å². The van der Waals surface area contributed by atoms with Crippen LogP contribution in [0.25, 0.3) is 0 Å². The summed E-state index contributed by atoms with van der Waals surface area (Å²) in [5.74, 6) is -0.497. The number of hydrogen-bond acceptors (Lipinski definition) is 6. The zero-order valence-corrected chi connectivity index (χ0v) is 10.00.